The molecule has 1 aliphatic rings. The summed E-state index contributed by atoms with van der Waals surface area (Å²) >= 11 is 2.79. The van der Waals surface area contributed by atoms with E-state index in [2.05, 4.69) is 26.9 Å². The standard InChI is InChI=1S/C15H23F3N4OS2.HI/c1-3-19-13(21-10-14(24-2)4-6-23-7-5-14)20-8-12-22-11(9-25-12)15(16,17)18;/h9H,3-8,10H2,1-2H3,(H2,19,20,21);1H. The highest BCUT2D eigenvalue weighted by Crippen LogP contribution is 2.33. The van der Waals surface area contributed by atoms with Crippen LogP contribution in [-0.4, -0.2) is 48.2 Å². The third kappa shape index (κ3) is 7.04. The summed E-state index contributed by atoms with van der Waals surface area (Å²) < 4.78 is 43.3. The van der Waals surface area contributed by atoms with Crippen molar-refractivity contribution in [2.75, 3.05) is 32.6 Å². The maximum atomic E-state index is 12.6. The smallest absolute Gasteiger partial charge is 0.381 e. The lowest BCUT2D eigenvalue weighted by Gasteiger charge is -2.36. The largest absolute Gasteiger partial charge is 0.434 e. The number of thiazole rings is 1. The van der Waals surface area contributed by atoms with Crippen LogP contribution in [0, 0.1) is 0 Å². The molecular formula is C15H24F3IN4OS2. The van der Waals surface area contributed by atoms with E-state index in [1.54, 1.807) is 0 Å². The Morgan fingerprint density at radius 2 is 2.08 bits per heavy atom. The molecule has 2 rings (SSSR count). The number of hydrogen-bond acceptors (Lipinski definition) is 5. The van der Waals surface area contributed by atoms with Crippen LogP contribution >= 0.6 is 47.1 Å². The number of alkyl halides is 3. The van der Waals surface area contributed by atoms with Gasteiger partial charge in [0.1, 0.15) is 5.01 Å². The molecule has 1 fully saturated rings. The van der Waals surface area contributed by atoms with E-state index < -0.39 is 11.9 Å². The Labute approximate surface area is 177 Å². The molecule has 0 radical (unpaired) electrons. The molecule has 2 heterocycles. The Kier molecular flexibility index (Phi) is 9.97. The third-order valence-corrected chi connectivity index (χ3v) is 6.23. The van der Waals surface area contributed by atoms with Crippen LogP contribution in [0.1, 0.15) is 30.5 Å². The topological polar surface area (TPSA) is 58.5 Å². The van der Waals surface area contributed by atoms with E-state index in [9.17, 15) is 13.2 Å². The summed E-state index contributed by atoms with van der Waals surface area (Å²) in [5.41, 5.74) is -0.857. The van der Waals surface area contributed by atoms with Crippen LogP contribution in [0.2, 0.25) is 0 Å². The van der Waals surface area contributed by atoms with E-state index in [0.717, 1.165) is 49.3 Å². The van der Waals surface area contributed by atoms with Gasteiger partial charge in [0, 0.05) is 36.4 Å². The van der Waals surface area contributed by atoms with Crippen LogP contribution in [0.25, 0.3) is 0 Å². The summed E-state index contributed by atoms with van der Waals surface area (Å²) in [7, 11) is 0. The number of nitrogens with zero attached hydrogens (tertiary/aromatic N) is 2. The van der Waals surface area contributed by atoms with Crippen molar-refractivity contribution < 1.29 is 17.9 Å². The van der Waals surface area contributed by atoms with Gasteiger partial charge in [-0.2, -0.15) is 24.9 Å². The number of guanidine groups is 1. The van der Waals surface area contributed by atoms with Crippen molar-refractivity contribution >= 4 is 53.0 Å². The maximum Gasteiger partial charge on any atom is 0.434 e. The molecular weight excluding hydrogens is 500 g/mol. The van der Waals surface area contributed by atoms with Crippen molar-refractivity contribution in [3.05, 3.63) is 16.1 Å². The summed E-state index contributed by atoms with van der Waals surface area (Å²) in [6.45, 7) is 4.96. The number of aliphatic imine (C=N–C) groups is 1. The SMILES string of the molecule is CCNC(=NCc1nc(C(F)(F)F)cs1)NCC1(SC)CCOCC1.I. The minimum atomic E-state index is -4.41. The first-order valence-electron chi connectivity index (χ1n) is 8.05. The van der Waals surface area contributed by atoms with Gasteiger partial charge in [0.2, 0.25) is 0 Å². The molecule has 1 aromatic rings. The molecule has 0 atom stereocenters. The van der Waals surface area contributed by atoms with Gasteiger partial charge in [-0.1, -0.05) is 0 Å². The fraction of sp³-hybridized carbons (Fsp3) is 0.733. The zero-order chi connectivity index (χ0) is 18.3. The normalized spacial score (nSPS) is 17.5. The molecule has 26 heavy (non-hydrogen) atoms. The van der Waals surface area contributed by atoms with Gasteiger partial charge in [-0.25, -0.2) is 9.98 Å². The predicted molar refractivity (Wildman–Crippen MR) is 112 cm³/mol. The summed E-state index contributed by atoms with van der Waals surface area (Å²) in [4.78, 5) is 7.97. The Hall–Kier alpha value is -0.270. The average molecular weight is 524 g/mol. The Morgan fingerprint density at radius 1 is 1.38 bits per heavy atom. The number of halogens is 4. The summed E-state index contributed by atoms with van der Waals surface area (Å²) in [5, 5.41) is 7.80. The first-order chi connectivity index (χ1) is 11.9. The van der Waals surface area contributed by atoms with Crippen LogP contribution < -0.4 is 10.6 Å². The molecule has 0 bridgehead atoms. The highest BCUT2D eigenvalue weighted by molar-refractivity contribution is 14.0. The molecule has 0 aromatic carbocycles. The lowest BCUT2D eigenvalue weighted by Crippen LogP contribution is -2.47. The maximum absolute atomic E-state index is 12.6. The summed E-state index contributed by atoms with van der Waals surface area (Å²) in [5.74, 6) is 0.589. The molecule has 1 aromatic heterocycles. The predicted octanol–water partition coefficient (Wildman–Crippen LogP) is 3.75. The van der Waals surface area contributed by atoms with Gasteiger partial charge in [-0.15, -0.1) is 35.3 Å². The van der Waals surface area contributed by atoms with Gasteiger partial charge in [-0.3, -0.25) is 0 Å². The second-order valence-corrected chi connectivity index (χ2v) is 7.89. The molecule has 0 saturated carbocycles. The Balaban J connectivity index is 0.00000338. The average Bonchev–Trinajstić information content (AvgIpc) is 3.07. The van der Waals surface area contributed by atoms with Crippen LogP contribution in [0.3, 0.4) is 0 Å². The fourth-order valence-corrected chi connectivity index (χ4v) is 3.96. The number of nitrogens with one attached hydrogen (secondary N) is 2. The molecule has 0 amide bonds. The van der Waals surface area contributed by atoms with E-state index in [-0.39, 0.29) is 35.3 Å². The molecule has 11 heteroatoms. The quantitative estimate of drug-likeness (QED) is 0.338. The van der Waals surface area contributed by atoms with E-state index in [1.165, 1.54) is 0 Å². The van der Waals surface area contributed by atoms with Gasteiger partial charge in [0.25, 0.3) is 0 Å². The van der Waals surface area contributed by atoms with Gasteiger partial charge in [0.15, 0.2) is 11.7 Å². The van der Waals surface area contributed by atoms with Crippen molar-refractivity contribution in [2.45, 2.75) is 37.2 Å². The van der Waals surface area contributed by atoms with E-state index in [0.29, 0.717) is 17.5 Å². The first-order valence-corrected chi connectivity index (χ1v) is 10.2. The lowest BCUT2D eigenvalue weighted by atomic mass is 9.99. The molecule has 0 spiro atoms. The van der Waals surface area contributed by atoms with Crippen molar-refractivity contribution in [3.63, 3.8) is 0 Å². The van der Waals surface area contributed by atoms with E-state index in [4.69, 9.17) is 4.74 Å². The lowest BCUT2D eigenvalue weighted by molar-refractivity contribution is -0.140. The monoisotopic (exact) mass is 524 g/mol. The van der Waals surface area contributed by atoms with Crippen molar-refractivity contribution in [3.8, 4) is 0 Å². The van der Waals surface area contributed by atoms with Crippen molar-refractivity contribution in [1.29, 1.82) is 0 Å². The third-order valence-electron chi connectivity index (χ3n) is 3.97. The van der Waals surface area contributed by atoms with Crippen LogP contribution in [0.15, 0.2) is 10.4 Å². The number of thioether (sulfide) groups is 1. The highest BCUT2D eigenvalue weighted by atomic mass is 127. The molecule has 0 unspecified atom stereocenters. The van der Waals surface area contributed by atoms with Gasteiger partial charge >= 0.3 is 6.18 Å². The molecule has 2 N–H and O–H groups in total. The zero-order valence-corrected chi connectivity index (χ0v) is 18.7. The number of ether oxygens (including phenoxy) is 1. The van der Waals surface area contributed by atoms with Crippen molar-refractivity contribution in [1.82, 2.24) is 15.6 Å². The summed E-state index contributed by atoms with van der Waals surface area (Å²) in [6, 6.07) is 0. The minimum absolute atomic E-state index is 0. The molecule has 0 aliphatic carbocycles. The van der Waals surface area contributed by atoms with Crippen LogP contribution in [0.4, 0.5) is 13.2 Å². The molecule has 150 valence electrons. The molecule has 1 aliphatic heterocycles. The zero-order valence-electron chi connectivity index (χ0n) is 14.7. The van der Waals surface area contributed by atoms with Crippen molar-refractivity contribution in [2.24, 2.45) is 4.99 Å². The molecule has 1 saturated heterocycles. The Bertz CT molecular complexity index is 577. The fourth-order valence-electron chi connectivity index (χ4n) is 2.44. The first kappa shape index (κ1) is 23.8. The van der Waals surface area contributed by atoms with E-state index >= 15 is 0 Å². The Morgan fingerprint density at radius 3 is 2.62 bits per heavy atom. The second-order valence-electron chi connectivity index (χ2n) is 5.67. The van der Waals surface area contributed by atoms with Gasteiger partial charge in [-0.05, 0) is 26.0 Å². The molecule has 5 nitrogen and oxygen atoms in total. The van der Waals surface area contributed by atoms with Gasteiger partial charge < -0.3 is 15.4 Å². The second kappa shape index (κ2) is 10.9. The van der Waals surface area contributed by atoms with E-state index in [1.807, 2.05) is 18.7 Å². The highest BCUT2D eigenvalue weighted by Gasteiger charge is 2.34. The minimum Gasteiger partial charge on any atom is -0.381 e. The summed E-state index contributed by atoms with van der Waals surface area (Å²) in [6.07, 6.45) is -0.399. The van der Waals surface area contributed by atoms with Gasteiger partial charge in [0.05, 0.1) is 6.54 Å². The number of hydrogen-bond donors (Lipinski definition) is 2. The van der Waals surface area contributed by atoms with Crippen LogP contribution in [0.5, 0.6) is 0 Å². The number of rotatable bonds is 6. The number of aromatic nitrogens is 1. The van der Waals surface area contributed by atoms with Crippen LogP contribution in [-0.2, 0) is 17.5 Å².